The maximum Gasteiger partial charge on any atom is 0.335 e. The van der Waals surface area contributed by atoms with Gasteiger partial charge >= 0.3 is 5.97 Å². The number of aryl methyl sites for hydroxylation is 1. The van der Waals surface area contributed by atoms with Gasteiger partial charge in [-0.2, -0.15) is 0 Å². The minimum atomic E-state index is -0.302. The first kappa shape index (κ1) is 20.4. The van der Waals surface area contributed by atoms with Gasteiger partial charge < -0.3 is 4.74 Å². The van der Waals surface area contributed by atoms with E-state index in [4.69, 9.17) is 4.74 Å². The van der Waals surface area contributed by atoms with E-state index in [1.165, 1.54) is 59.9 Å². The lowest BCUT2D eigenvalue weighted by atomic mass is 10.1. The lowest BCUT2D eigenvalue weighted by Crippen LogP contribution is -2.03. The molecule has 0 aliphatic heterocycles. The van der Waals surface area contributed by atoms with Gasteiger partial charge in [0.15, 0.2) is 0 Å². The molecule has 1 aromatic carbocycles. The number of hydrogen-bond acceptors (Lipinski definition) is 3. The van der Waals surface area contributed by atoms with Crippen LogP contribution < -0.4 is 4.74 Å². The second kappa shape index (κ2) is 11.7. The van der Waals surface area contributed by atoms with E-state index in [0.717, 1.165) is 12.8 Å². The molecule has 0 N–H and O–H groups in total. The molecule has 2 nitrogen and oxygen atoms in total. The second-order valence-corrected chi connectivity index (χ2v) is 7.74. The molecule has 140 valence electrons. The number of esters is 1. The minimum absolute atomic E-state index is 0.302. The molecular weight excluding hydrogens is 340 g/mol. The van der Waals surface area contributed by atoms with Gasteiger partial charge in [0.05, 0.1) is 0 Å². The highest BCUT2D eigenvalue weighted by Gasteiger charge is 2.05. The van der Waals surface area contributed by atoms with Crippen LogP contribution in [0.1, 0.15) is 63.7 Å². The van der Waals surface area contributed by atoms with Crippen molar-refractivity contribution in [1.29, 1.82) is 0 Å². The first-order valence-electron chi connectivity index (χ1n) is 9.80. The van der Waals surface area contributed by atoms with Crippen LogP contribution in [0.25, 0.3) is 10.4 Å². The molecule has 0 unspecified atom stereocenters. The molecule has 0 radical (unpaired) electrons. The molecule has 0 saturated heterocycles. The Bertz CT molecular complexity index is 682. The zero-order valence-corrected chi connectivity index (χ0v) is 16.8. The number of carbonyl (C=O) groups is 1. The van der Waals surface area contributed by atoms with Gasteiger partial charge in [-0.15, -0.1) is 11.3 Å². The van der Waals surface area contributed by atoms with Gasteiger partial charge in [0, 0.05) is 15.8 Å². The molecule has 2 aromatic rings. The van der Waals surface area contributed by atoms with E-state index in [-0.39, 0.29) is 5.97 Å². The van der Waals surface area contributed by atoms with Crippen LogP contribution in [0.5, 0.6) is 5.75 Å². The van der Waals surface area contributed by atoms with Crippen molar-refractivity contribution >= 4 is 17.3 Å². The summed E-state index contributed by atoms with van der Waals surface area (Å²) >= 11 is 1.85. The lowest BCUT2D eigenvalue weighted by Gasteiger charge is -2.03. The zero-order chi connectivity index (χ0) is 18.6. The van der Waals surface area contributed by atoms with Crippen molar-refractivity contribution in [3.8, 4) is 16.2 Å². The van der Waals surface area contributed by atoms with Gasteiger partial charge in [0.1, 0.15) is 5.75 Å². The Balaban J connectivity index is 1.85. The quantitative estimate of drug-likeness (QED) is 0.181. The predicted octanol–water partition coefficient (Wildman–Crippen LogP) is 7.19. The molecule has 3 heteroatoms. The molecule has 0 saturated carbocycles. The van der Waals surface area contributed by atoms with E-state index in [9.17, 15) is 4.79 Å². The fourth-order valence-corrected chi connectivity index (χ4v) is 3.80. The Kier molecular flexibility index (Phi) is 9.19. The highest BCUT2D eigenvalue weighted by atomic mass is 32.1. The molecule has 0 aliphatic rings. The normalized spacial score (nSPS) is 11.2. The highest BCUT2D eigenvalue weighted by molar-refractivity contribution is 7.15. The molecule has 2 rings (SSSR count). The molecular formula is C23H30O2S. The summed E-state index contributed by atoms with van der Waals surface area (Å²) in [5.74, 6) is 0.292. The van der Waals surface area contributed by atoms with Gasteiger partial charge in [0.25, 0.3) is 0 Å². The highest BCUT2D eigenvalue weighted by Crippen LogP contribution is 2.30. The summed E-state index contributed by atoms with van der Waals surface area (Å²) in [7, 11) is 0. The smallest absolute Gasteiger partial charge is 0.335 e. The van der Waals surface area contributed by atoms with E-state index in [1.54, 1.807) is 0 Å². The monoisotopic (exact) mass is 370 g/mol. The maximum absolute atomic E-state index is 11.8. The predicted molar refractivity (Wildman–Crippen MR) is 112 cm³/mol. The average Bonchev–Trinajstić information content (AvgIpc) is 3.11. The number of benzene rings is 1. The summed E-state index contributed by atoms with van der Waals surface area (Å²) in [5.41, 5.74) is 1.17. The standard InChI is InChI=1S/C23H30O2S/c1-3-5-7-8-10-12-23(24)25-20-15-13-19(14-16-20)22-18-17-21(26-22)11-9-6-4-2/h10,12-18H,3-9,11H2,1-2H3. The summed E-state index contributed by atoms with van der Waals surface area (Å²) in [5, 5.41) is 0. The third-order valence-corrected chi connectivity index (χ3v) is 5.47. The van der Waals surface area contributed by atoms with Crippen LogP contribution in [0.15, 0.2) is 48.6 Å². The Morgan fingerprint density at radius 1 is 0.962 bits per heavy atom. The van der Waals surface area contributed by atoms with Crippen molar-refractivity contribution in [1.82, 2.24) is 0 Å². The van der Waals surface area contributed by atoms with Gasteiger partial charge in [-0.05, 0) is 67.6 Å². The number of ether oxygens (including phenoxy) is 1. The maximum atomic E-state index is 11.8. The Labute approximate surface area is 161 Å². The van der Waals surface area contributed by atoms with Gasteiger partial charge in [-0.1, -0.05) is 45.6 Å². The number of allylic oxidation sites excluding steroid dienone is 1. The molecule has 0 spiro atoms. The molecule has 0 bridgehead atoms. The summed E-state index contributed by atoms with van der Waals surface area (Å²) in [6.45, 7) is 4.40. The SMILES string of the molecule is CCCCCC=CC(=O)Oc1ccc(-c2ccc(CCCCC)s2)cc1. The van der Waals surface area contributed by atoms with Gasteiger partial charge in [-0.25, -0.2) is 4.79 Å². The summed E-state index contributed by atoms with van der Waals surface area (Å²) < 4.78 is 5.36. The van der Waals surface area contributed by atoms with Crippen molar-refractivity contribution < 1.29 is 9.53 Å². The topological polar surface area (TPSA) is 26.3 Å². The first-order valence-corrected chi connectivity index (χ1v) is 10.6. The molecule has 1 heterocycles. The third-order valence-electron chi connectivity index (χ3n) is 4.27. The van der Waals surface area contributed by atoms with Crippen molar-refractivity contribution in [2.24, 2.45) is 0 Å². The van der Waals surface area contributed by atoms with Gasteiger partial charge in [-0.3, -0.25) is 0 Å². The van der Waals surface area contributed by atoms with E-state index in [1.807, 2.05) is 41.7 Å². The van der Waals surface area contributed by atoms with E-state index in [2.05, 4.69) is 26.0 Å². The molecule has 0 fully saturated rings. The summed E-state index contributed by atoms with van der Waals surface area (Å²) in [4.78, 5) is 14.5. The second-order valence-electron chi connectivity index (χ2n) is 6.57. The van der Waals surface area contributed by atoms with Crippen LogP contribution in [0.2, 0.25) is 0 Å². The Morgan fingerprint density at radius 2 is 1.69 bits per heavy atom. The van der Waals surface area contributed by atoms with Crippen molar-refractivity contribution in [3.63, 3.8) is 0 Å². The van der Waals surface area contributed by atoms with E-state index >= 15 is 0 Å². The van der Waals surface area contributed by atoms with E-state index in [0.29, 0.717) is 5.75 Å². The van der Waals surface area contributed by atoms with Gasteiger partial charge in [0.2, 0.25) is 0 Å². The van der Waals surface area contributed by atoms with Crippen LogP contribution in [-0.2, 0) is 11.2 Å². The van der Waals surface area contributed by atoms with E-state index < -0.39 is 0 Å². The Morgan fingerprint density at radius 3 is 2.42 bits per heavy atom. The average molecular weight is 371 g/mol. The molecule has 1 aromatic heterocycles. The molecule has 0 amide bonds. The third kappa shape index (κ3) is 7.17. The summed E-state index contributed by atoms with van der Waals surface area (Å²) in [6, 6.07) is 12.2. The fourth-order valence-electron chi connectivity index (χ4n) is 2.75. The van der Waals surface area contributed by atoms with Crippen molar-refractivity contribution in [2.45, 2.75) is 65.2 Å². The van der Waals surface area contributed by atoms with Crippen LogP contribution in [0.3, 0.4) is 0 Å². The minimum Gasteiger partial charge on any atom is -0.423 e. The largest absolute Gasteiger partial charge is 0.423 e. The van der Waals surface area contributed by atoms with Crippen molar-refractivity contribution in [3.05, 3.63) is 53.4 Å². The lowest BCUT2D eigenvalue weighted by molar-refractivity contribution is -0.129. The molecule has 0 aliphatic carbocycles. The number of carbonyl (C=O) groups excluding carboxylic acids is 1. The van der Waals surface area contributed by atoms with Crippen LogP contribution in [-0.4, -0.2) is 5.97 Å². The van der Waals surface area contributed by atoms with Crippen LogP contribution in [0, 0.1) is 0 Å². The number of rotatable bonds is 11. The number of unbranched alkanes of at least 4 members (excludes halogenated alkanes) is 5. The van der Waals surface area contributed by atoms with Crippen molar-refractivity contribution in [2.75, 3.05) is 0 Å². The Hall–Kier alpha value is -1.87. The zero-order valence-electron chi connectivity index (χ0n) is 16.0. The molecule has 0 atom stereocenters. The summed E-state index contributed by atoms with van der Waals surface area (Å²) in [6.07, 6.45) is 12.8. The number of hydrogen-bond donors (Lipinski definition) is 0. The van der Waals surface area contributed by atoms with Crippen LogP contribution in [0.4, 0.5) is 0 Å². The fraction of sp³-hybridized carbons (Fsp3) is 0.435. The first-order chi connectivity index (χ1) is 12.7. The van der Waals surface area contributed by atoms with Crippen LogP contribution >= 0.6 is 11.3 Å². The molecule has 26 heavy (non-hydrogen) atoms. The number of thiophene rings is 1.